The van der Waals surface area contributed by atoms with Crippen LogP contribution in [0.4, 0.5) is 4.79 Å². The van der Waals surface area contributed by atoms with Gasteiger partial charge in [0.1, 0.15) is 11.8 Å². The monoisotopic (exact) mass is 410 g/mol. The standard InChI is InChI=1S/C17H38O7Si2/c1-5-19-16(20-6-2)25-13-9-11-23-15(18)24-12-10-14-26-17(21-7-3)22-8-4/h16-17H,5-14,25-26H2,1-4H3. The lowest BCUT2D eigenvalue weighted by Gasteiger charge is -2.16. The number of ether oxygens (including phenoxy) is 6. The summed E-state index contributed by atoms with van der Waals surface area (Å²) in [5, 5.41) is 0. The summed E-state index contributed by atoms with van der Waals surface area (Å²) < 4.78 is 32.3. The quantitative estimate of drug-likeness (QED) is 0.148. The molecule has 0 aromatic heterocycles. The zero-order valence-electron chi connectivity index (χ0n) is 17.0. The van der Waals surface area contributed by atoms with E-state index >= 15 is 0 Å². The molecule has 0 aromatic rings. The molecule has 0 saturated carbocycles. The van der Waals surface area contributed by atoms with Crippen molar-refractivity contribution in [2.24, 2.45) is 0 Å². The molecule has 0 heterocycles. The van der Waals surface area contributed by atoms with Crippen molar-refractivity contribution in [3.63, 3.8) is 0 Å². The molecule has 0 aliphatic rings. The molecule has 156 valence electrons. The average molecular weight is 411 g/mol. The van der Waals surface area contributed by atoms with Crippen LogP contribution in [0.2, 0.25) is 12.1 Å². The summed E-state index contributed by atoms with van der Waals surface area (Å²) in [6.45, 7) is 11.3. The summed E-state index contributed by atoms with van der Waals surface area (Å²) in [6.07, 6.45) is 1.08. The van der Waals surface area contributed by atoms with Crippen LogP contribution in [0.25, 0.3) is 0 Å². The van der Waals surface area contributed by atoms with E-state index < -0.39 is 25.2 Å². The van der Waals surface area contributed by atoms with E-state index in [0.29, 0.717) is 39.6 Å². The SMILES string of the molecule is CCOC(OCC)[SiH2]CCCOC(=O)OCCC[SiH2]C(OCC)OCC. The highest BCUT2D eigenvalue weighted by Crippen LogP contribution is 2.02. The third-order valence-electron chi connectivity index (χ3n) is 3.52. The molecule has 0 aliphatic carbocycles. The first-order valence-corrected chi connectivity index (χ1v) is 13.6. The maximum absolute atomic E-state index is 11.5. The topological polar surface area (TPSA) is 72.5 Å². The van der Waals surface area contributed by atoms with E-state index in [2.05, 4.69) is 0 Å². The molecule has 0 aromatic carbocycles. The van der Waals surface area contributed by atoms with Crippen molar-refractivity contribution in [3.05, 3.63) is 0 Å². The lowest BCUT2D eigenvalue weighted by atomic mass is 10.5. The van der Waals surface area contributed by atoms with E-state index in [1.165, 1.54) is 0 Å². The first kappa shape index (κ1) is 25.5. The van der Waals surface area contributed by atoms with Gasteiger partial charge in [-0.3, -0.25) is 0 Å². The van der Waals surface area contributed by atoms with Gasteiger partial charge < -0.3 is 28.4 Å². The van der Waals surface area contributed by atoms with E-state index in [1.54, 1.807) is 0 Å². The van der Waals surface area contributed by atoms with Crippen molar-refractivity contribution in [3.8, 4) is 0 Å². The smallest absolute Gasteiger partial charge is 0.434 e. The first-order chi connectivity index (χ1) is 12.7. The molecule has 0 unspecified atom stereocenters. The van der Waals surface area contributed by atoms with Crippen LogP contribution in [0.1, 0.15) is 40.5 Å². The van der Waals surface area contributed by atoms with Gasteiger partial charge in [-0.25, -0.2) is 4.79 Å². The highest BCUT2D eigenvalue weighted by molar-refractivity contribution is 6.36. The number of carbonyl (C=O) groups is 1. The van der Waals surface area contributed by atoms with Crippen LogP contribution in [0.3, 0.4) is 0 Å². The van der Waals surface area contributed by atoms with Crippen molar-refractivity contribution in [1.29, 1.82) is 0 Å². The molecule has 0 rings (SSSR count). The Morgan fingerprint density at radius 1 is 0.692 bits per heavy atom. The van der Waals surface area contributed by atoms with E-state index in [4.69, 9.17) is 28.4 Å². The van der Waals surface area contributed by atoms with Crippen LogP contribution in [-0.2, 0) is 28.4 Å². The molecule has 0 amide bonds. The molecule has 0 atom stereocenters. The van der Waals surface area contributed by atoms with Crippen molar-refractivity contribution < 1.29 is 33.2 Å². The average Bonchev–Trinajstić information content (AvgIpc) is 2.61. The molecule has 0 bridgehead atoms. The molecule has 0 N–H and O–H groups in total. The second-order valence-corrected chi connectivity index (χ2v) is 9.52. The highest BCUT2D eigenvalue weighted by Gasteiger charge is 2.10. The largest absolute Gasteiger partial charge is 0.508 e. The van der Waals surface area contributed by atoms with E-state index in [9.17, 15) is 4.79 Å². The number of carbonyl (C=O) groups excluding carboxylic acids is 1. The molecule has 0 radical (unpaired) electrons. The van der Waals surface area contributed by atoms with Crippen molar-refractivity contribution in [1.82, 2.24) is 0 Å². The summed E-state index contributed by atoms with van der Waals surface area (Å²) in [5.41, 5.74) is 0. The Bertz CT molecular complexity index is 281. The van der Waals surface area contributed by atoms with Gasteiger partial charge in [-0.15, -0.1) is 0 Å². The maximum Gasteiger partial charge on any atom is 0.508 e. The van der Waals surface area contributed by atoms with Crippen molar-refractivity contribution >= 4 is 25.2 Å². The minimum Gasteiger partial charge on any atom is -0.434 e. The Morgan fingerprint density at radius 3 is 1.35 bits per heavy atom. The Kier molecular flexibility index (Phi) is 19.0. The minimum atomic E-state index is -0.578. The summed E-state index contributed by atoms with van der Waals surface area (Å²) in [7, 11) is -0.954. The number of rotatable bonds is 18. The summed E-state index contributed by atoms with van der Waals surface area (Å²) >= 11 is 0. The third kappa shape index (κ3) is 15.8. The van der Waals surface area contributed by atoms with Gasteiger partial charge in [0.25, 0.3) is 0 Å². The zero-order chi connectivity index (χ0) is 19.5. The molecular formula is C17H38O7Si2. The van der Waals surface area contributed by atoms with Gasteiger partial charge in [0.2, 0.25) is 0 Å². The summed E-state index contributed by atoms with van der Waals surface area (Å²) in [6, 6.07) is 2.03. The second kappa shape index (κ2) is 19.3. The van der Waals surface area contributed by atoms with Gasteiger partial charge in [-0.1, -0.05) is 12.1 Å². The van der Waals surface area contributed by atoms with Crippen LogP contribution in [0.15, 0.2) is 0 Å². The van der Waals surface area contributed by atoms with Crippen LogP contribution < -0.4 is 0 Å². The number of hydrogen-bond acceptors (Lipinski definition) is 7. The minimum absolute atomic E-state index is 0.0293. The van der Waals surface area contributed by atoms with Gasteiger partial charge in [0.15, 0.2) is 0 Å². The van der Waals surface area contributed by atoms with Crippen LogP contribution in [-0.4, -0.2) is 76.7 Å². The Balaban J connectivity index is 3.56. The van der Waals surface area contributed by atoms with Crippen LogP contribution in [0, 0.1) is 0 Å². The summed E-state index contributed by atoms with van der Waals surface area (Å²) in [5.74, 6) is -0.0587. The predicted octanol–water partition coefficient (Wildman–Crippen LogP) is 1.81. The van der Waals surface area contributed by atoms with Crippen LogP contribution >= 0.6 is 0 Å². The second-order valence-electron chi connectivity index (χ2n) is 5.62. The third-order valence-corrected chi connectivity index (χ3v) is 7.22. The fourth-order valence-corrected chi connectivity index (χ4v) is 5.61. The fourth-order valence-electron chi connectivity index (χ4n) is 2.35. The molecular weight excluding hydrogens is 372 g/mol. The fraction of sp³-hybridized carbons (Fsp3) is 0.941. The lowest BCUT2D eigenvalue weighted by molar-refractivity contribution is -0.0830. The van der Waals surface area contributed by atoms with Gasteiger partial charge >= 0.3 is 6.16 Å². The molecule has 0 aliphatic heterocycles. The Labute approximate surface area is 163 Å². The Hall–Kier alpha value is -0.456. The summed E-state index contributed by atoms with van der Waals surface area (Å²) in [4.78, 5) is 11.5. The first-order valence-electron chi connectivity index (χ1n) is 9.93. The zero-order valence-corrected chi connectivity index (χ0v) is 19.8. The van der Waals surface area contributed by atoms with Gasteiger partial charge in [-0.05, 0) is 40.5 Å². The Morgan fingerprint density at radius 2 is 1.04 bits per heavy atom. The predicted molar refractivity (Wildman–Crippen MR) is 107 cm³/mol. The van der Waals surface area contributed by atoms with E-state index in [-0.39, 0.29) is 11.8 Å². The molecule has 0 saturated heterocycles. The maximum atomic E-state index is 11.5. The van der Waals surface area contributed by atoms with Crippen molar-refractivity contribution in [2.45, 2.75) is 64.5 Å². The molecule has 7 nitrogen and oxygen atoms in total. The van der Waals surface area contributed by atoms with E-state index in [0.717, 1.165) is 24.9 Å². The van der Waals surface area contributed by atoms with Crippen LogP contribution in [0.5, 0.6) is 0 Å². The molecule has 0 spiro atoms. The van der Waals surface area contributed by atoms with Crippen molar-refractivity contribution in [2.75, 3.05) is 39.6 Å². The molecule has 0 fully saturated rings. The normalized spacial score (nSPS) is 12.2. The van der Waals surface area contributed by atoms with E-state index in [1.807, 2.05) is 27.7 Å². The lowest BCUT2D eigenvalue weighted by Crippen LogP contribution is -2.25. The van der Waals surface area contributed by atoms with Gasteiger partial charge in [-0.2, -0.15) is 0 Å². The molecule has 26 heavy (non-hydrogen) atoms. The highest BCUT2D eigenvalue weighted by atomic mass is 28.2. The van der Waals surface area contributed by atoms with Gasteiger partial charge in [0.05, 0.1) is 32.3 Å². The number of hydrogen-bond donors (Lipinski definition) is 0. The van der Waals surface area contributed by atoms with Gasteiger partial charge in [0, 0.05) is 26.4 Å². The molecule has 9 heteroatoms.